The summed E-state index contributed by atoms with van der Waals surface area (Å²) in [6.45, 7) is 8.73. The zero-order valence-electron chi connectivity index (χ0n) is 19.8. The molecule has 178 valence electrons. The molecule has 1 amide bonds. The molecule has 3 atom stereocenters. The summed E-state index contributed by atoms with van der Waals surface area (Å²) in [5.74, 6) is -0.189. The van der Waals surface area contributed by atoms with Crippen LogP contribution in [0, 0.1) is 5.92 Å². The standard InChI is InChI=1S/C26H43FINO2/c1-6-13-21(25(3,31)26(4,27)28-5)19-18-20(2)24(30)29(22-14-9-7-10-15-22)23-16-11-8-12-17-23/h6,18,21-23,31H,1,5,7-17,19H2,2-4H3/b20-18+. The van der Waals surface area contributed by atoms with E-state index < -0.39 is 30.0 Å². The van der Waals surface area contributed by atoms with Gasteiger partial charge in [-0.05, 0) is 65.2 Å². The van der Waals surface area contributed by atoms with Crippen molar-refractivity contribution in [3.63, 3.8) is 0 Å². The van der Waals surface area contributed by atoms with Crippen molar-refractivity contribution in [3.8, 4) is 0 Å². The minimum absolute atomic E-state index is 0.142. The summed E-state index contributed by atoms with van der Waals surface area (Å²) < 4.78 is 17.2. The molecule has 2 fully saturated rings. The van der Waals surface area contributed by atoms with Gasteiger partial charge in [0.15, 0.2) is 3.68 Å². The van der Waals surface area contributed by atoms with E-state index in [4.69, 9.17) is 0 Å². The lowest BCUT2D eigenvalue weighted by atomic mass is 9.80. The van der Waals surface area contributed by atoms with Crippen molar-refractivity contribution in [1.82, 2.24) is 4.90 Å². The molecule has 1 N–H and O–H groups in total. The summed E-state index contributed by atoms with van der Waals surface area (Å²) in [5.41, 5.74) is -0.770. The Labute approximate surface area is 199 Å². The number of hydrogen-bond donors (Lipinski definition) is 1. The first-order chi connectivity index (χ1) is 14.7. The molecule has 2 aliphatic rings. The van der Waals surface area contributed by atoms with E-state index in [9.17, 15) is 9.90 Å². The fourth-order valence-electron chi connectivity index (χ4n) is 5.21. The molecule has 3 nitrogen and oxygen atoms in total. The molecule has 5 heteroatoms. The van der Waals surface area contributed by atoms with Crippen molar-refractivity contribution in [2.24, 2.45) is 5.92 Å². The van der Waals surface area contributed by atoms with Crippen molar-refractivity contribution in [2.75, 3.05) is 0 Å². The molecule has 3 unspecified atom stereocenters. The molecule has 2 aliphatic carbocycles. The summed E-state index contributed by atoms with van der Waals surface area (Å²) in [6.07, 6.45) is 16.4. The number of allylic oxidation sites excluding steroid dienone is 2. The topological polar surface area (TPSA) is 40.5 Å². The van der Waals surface area contributed by atoms with Crippen molar-refractivity contribution < 1.29 is 14.3 Å². The van der Waals surface area contributed by atoms with Gasteiger partial charge in [0, 0.05) is 17.7 Å². The highest BCUT2D eigenvalue weighted by atomic mass is 127. The van der Waals surface area contributed by atoms with Crippen LogP contribution in [0.4, 0.5) is 4.39 Å². The van der Waals surface area contributed by atoms with Gasteiger partial charge < -0.3 is 10.0 Å². The van der Waals surface area contributed by atoms with Crippen LogP contribution in [0.15, 0.2) is 24.3 Å². The second-order valence-electron chi connectivity index (χ2n) is 9.81. The molecule has 0 aliphatic heterocycles. The zero-order chi connectivity index (χ0) is 23.1. The fourth-order valence-corrected chi connectivity index (χ4v) is 6.42. The number of alkyl halides is 2. The zero-order valence-corrected chi connectivity index (χ0v) is 22.0. The third-order valence-electron chi connectivity index (χ3n) is 7.60. The van der Waals surface area contributed by atoms with Crippen LogP contribution in [0.25, 0.3) is 0 Å². The van der Waals surface area contributed by atoms with E-state index in [2.05, 4.69) is 16.0 Å². The van der Waals surface area contributed by atoms with Gasteiger partial charge in [0.1, 0.15) is 5.60 Å². The number of halogens is 2. The Hall–Kier alpha value is -0.560. The number of carbonyl (C=O) groups is 1. The SMILES string of the molecule is C=CCC(C/C=C(\C)C(=O)N(C1CCCCC1)C1CCCCC1)C(C)(O)C(C)(F)I=C. The number of amides is 1. The molecule has 2 saturated carbocycles. The Morgan fingerprint density at radius 3 is 2.00 bits per heavy atom. The molecular weight excluding hydrogens is 504 g/mol. The summed E-state index contributed by atoms with van der Waals surface area (Å²) in [4.78, 5) is 15.8. The van der Waals surface area contributed by atoms with Crippen molar-refractivity contribution in [3.05, 3.63) is 24.3 Å². The van der Waals surface area contributed by atoms with Crippen molar-refractivity contribution in [1.29, 1.82) is 0 Å². The average molecular weight is 548 g/mol. The van der Waals surface area contributed by atoms with Gasteiger partial charge in [0.25, 0.3) is 0 Å². The number of nitrogens with zero attached hydrogens (tertiary/aromatic N) is 1. The quantitative estimate of drug-likeness (QED) is 0.141. The lowest BCUT2D eigenvalue weighted by molar-refractivity contribution is -0.133. The molecule has 0 saturated heterocycles. The van der Waals surface area contributed by atoms with Crippen LogP contribution in [0.5, 0.6) is 0 Å². The van der Waals surface area contributed by atoms with E-state index >= 15 is 4.39 Å². The van der Waals surface area contributed by atoms with Crippen LogP contribution in [-0.2, 0) is 4.79 Å². The average Bonchev–Trinajstić information content (AvgIpc) is 2.77. The van der Waals surface area contributed by atoms with Crippen molar-refractivity contribution in [2.45, 2.75) is 119 Å². The molecule has 0 spiro atoms. The molecule has 0 aromatic carbocycles. The van der Waals surface area contributed by atoms with E-state index in [0.717, 1.165) is 31.3 Å². The van der Waals surface area contributed by atoms with Crippen molar-refractivity contribution >= 4 is 31.2 Å². The molecule has 2 rings (SSSR count). The second kappa shape index (κ2) is 12.1. The monoisotopic (exact) mass is 547 g/mol. The maximum absolute atomic E-state index is 15.1. The Balaban J connectivity index is 2.21. The molecular formula is C26H43FINO2. The number of rotatable bonds is 10. The number of hydrogen-bond acceptors (Lipinski definition) is 2. The predicted octanol–water partition coefficient (Wildman–Crippen LogP) is 6.85. The summed E-state index contributed by atoms with van der Waals surface area (Å²) in [5, 5.41) is 11.0. The van der Waals surface area contributed by atoms with Gasteiger partial charge in [0.05, 0.1) is 0 Å². The predicted molar refractivity (Wildman–Crippen MR) is 139 cm³/mol. The minimum Gasteiger partial charge on any atom is -0.386 e. The molecule has 0 radical (unpaired) electrons. The van der Waals surface area contributed by atoms with E-state index in [-0.39, 0.29) is 11.8 Å². The smallest absolute Gasteiger partial charge is 0.249 e. The van der Waals surface area contributed by atoms with E-state index in [1.165, 1.54) is 45.4 Å². The highest BCUT2D eigenvalue weighted by molar-refractivity contribution is 14.2. The van der Waals surface area contributed by atoms with Crippen LogP contribution < -0.4 is 0 Å². The highest BCUT2D eigenvalue weighted by Gasteiger charge is 2.47. The van der Waals surface area contributed by atoms with Gasteiger partial charge in [-0.1, -0.05) is 75.9 Å². The summed E-state index contributed by atoms with van der Waals surface area (Å²) in [7, 11) is 0. The first kappa shape index (κ1) is 26.7. The van der Waals surface area contributed by atoms with Gasteiger partial charge in [0.2, 0.25) is 5.91 Å². The van der Waals surface area contributed by atoms with Gasteiger partial charge in [-0.15, -0.1) is 6.58 Å². The molecule has 31 heavy (non-hydrogen) atoms. The van der Waals surface area contributed by atoms with E-state index in [0.29, 0.717) is 24.9 Å². The molecule has 0 aromatic heterocycles. The van der Waals surface area contributed by atoms with E-state index in [1.807, 2.05) is 13.0 Å². The Bertz CT molecular complexity index is 628. The Morgan fingerprint density at radius 2 is 1.58 bits per heavy atom. The lowest BCUT2D eigenvalue weighted by Crippen LogP contribution is -2.49. The van der Waals surface area contributed by atoms with E-state index in [1.54, 1.807) is 13.0 Å². The first-order valence-corrected chi connectivity index (χ1v) is 14.7. The first-order valence-electron chi connectivity index (χ1n) is 12.1. The summed E-state index contributed by atoms with van der Waals surface area (Å²) >= 11 is -1.04. The maximum Gasteiger partial charge on any atom is 0.249 e. The minimum atomic E-state index is -1.69. The normalized spacial score (nSPS) is 24.1. The van der Waals surface area contributed by atoms with Crippen LogP contribution in [0.1, 0.15) is 97.8 Å². The largest absolute Gasteiger partial charge is 0.386 e. The maximum atomic E-state index is 15.1. The molecule has 0 bridgehead atoms. The van der Waals surface area contributed by atoms with Gasteiger partial charge in [-0.2, -0.15) is 0 Å². The second-order valence-corrected chi connectivity index (χ2v) is 12.6. The van der Waals surface area contributed by atoms with Crippen LogP contribution >= 0.6 is 20.7 Å². The third-order valence-corrected chi connectivity index (χ3v) is 10.1. The summed E-state index contributed by atoms with van der Waals surface area (Å²) in [6, 6.07) is 0.703. The Morgan fingerprint density at radius 1 is 1.10 bits per heavy atom. The highest BCUT2D eigenvalue weighted by Crippen LogP contribution is 2.43. The molecule has 0 heterocycles. The third kappa shape index (κ3) is 6.72. The Kier molecular flexibility index (Phi) is 10.4. The number of carbonyl (C=O) groups excluding carboxylic acids is 1. The van der Waals surface area contributed by atoms with Gasteiger partial charge in [-0.25, -0.2) is 4.39 Å². The van der Waals surface area contributed by atoms with Gasteiger partial charge >= 0.3 is 0 Å². The van der Waals surface area contributed by atoms with Crippen LogP contribution in [0.3, 0.4) is 0 Å². The van der Waals surface area contributed by atoms with Gasteiger partial charge in [-0.3, -0.25) is 4.79 Å². The van der Waals surface area contributed by atoms with Crippen LogP contribution in [-0.4, -0.2) is 41.8 Å². The number of aliphatic hydroxyl groups is 1. The fraction of sp³-hybridized carbons (Fsp3) is 0.769. The molecule has 0 aromatic rings. The van der Waals surface area contributed by atoms with Crippen LogP contribution in [0.2, 0.25) is 0 Å². The lowest BCUT2D eigenvalue weighted by Gasteiger charge is -2.42.